The molecule has 0 saturated carbocycles. The molecule has 0 saturated heterocycles. The van der Waals surface area contributed by atoms with Crippen LogP contribution in [0.5, 0.6) is 5.75 Å². The predicted molar refractivity (Wildman–Crippen MR) is 78.8 cm³/mol. The molecule has 0 spiro atoms. The molecule has 2 N–H and O–H groups in total. The number of carbonyl (C=O) groups is 1. The van der Waals surface area contributed by atoms with Crippen molar-refractivity contribution in [1.82, 2.24) is 10.2 Å². The molecule has 1 heterocycles. The summed E-state index contributed by atoms with van der Waals surface area (Å²) in [6.07, 6.45) is 0. The number of ether oxygens (including phenoxy) is 1. The third-order valence-corrected chi connectivity index (χ3v) is 3.31. The van der Waals surface area contributed by atoms with Gasteiger partial charge in [-0.1, -0.05) is 18.2 Å². The van der Waals surface area contributed by atoms with Crippen molar-refractivity contribution >= 4 is 11.8 Å². The molecule has 0 aliphatic rings. The molecule has 6 nitrogen and oxygen atoms in total. The van der Waals surface area contributed by atoms with Gasteiger partial charge in [0.05, 0.1) is 12.8 Å². The summed E-state index contributed by atoms with van der Waals surface area (Å²) < 4.78 is 5.26. The van der Waals surface area contributed by atoms with Crippen LogP contribution in [0, 0.1) is 13.8 Å². The van der Waals surface area contributed by atoms with Crippen molar-refractivity contribution in [2.45, 2.75) is 20.4 Å². The van der Waals surface area contributed by atoms with Crippen LogP contribution in [0.4, 0.5) is 5.82 Å². The third-order valence-electron chi connectivity index (χ3n) is 3.31. The minimum atomic E-state index is -1.02. The monoisotopic (exact) mass is 287 g/mol. The van der Waals surface area contributed by atoms with Crippen LogP contribution >= 0.6 is 0 Å². The van der Waals surface area contributed by atoms with Crippen LogP contribution in [-0.4, -0.2) is 28.4 Å². The van der Waals surface area contributed by atoms with E-state index < -0.39 is 5.97 Å². The first kappa shape index (κ1) is 14.8. The number of para-hydroxylation sites is 1. The van der Waals surface area contributed by atoms with Crippen molar-refractivity contribution in [2.24, 2.45) is 0 Å². The van der Waals surface area contributed by atoms with Gasteiger partial charge in [-0.05, 0) is 25.5 Å². The summed E-state index contributed by atoms with van der Waals surface area (Å²) in [6.45, 7) is 3.86. The molecule has 0 bridgehead atoms. The van der Waals surface area contributed by atoms with Gasteiger partial charge in [0.15, 0.2) is 5.82 Å². The van der Waals surface area contributed by atoms with E-state index in [1.165, 1.54) is 0 Å². The number of aryl methyl sites for hydroxylation is 1. The Morgan fingerprint density at radius 1 is 1.29 bits per heavy atom. The van der Waals surface area contributed by atoms with Crippen molar-refractivity contribution < 1.29 is 14.6 Å². The van der Waals surface area contributed by atoms with Crippen molar-refractivity contribution in [2.75, 3.05) is 12.4 Å². The Hall–Kier alpha value is -2.63. The minimum absolute atomic E-state index is 0.150. The van der Waals surface area contributed by atoms with E-state index in [1.54, 1.807) is 21.0 Å². The number of benzene rings is 1. The topological polar surface area (TPSA) is 84.3 Å². The van der Waals surface area contributed by atoms with Gasteiger partial charge in [-0.3, -0.25) is 0 Å². The first-order valence-electron chi connectivity index (χ1n) is 6.47. The average molecular weight is 287 g/mol. The highest BCUT2D eigenvalue weighted by Crippen LogP contribution is 2.22. The van der Waals surface area contributed by atoms with Crippen molar-refractivity contribution in [3.05, 3.63) is 46.6 Å². The van der Waals surface area contributed by atoms with Crippen LogP contribution in [0.1, 0.15) is 27.2 Å². The summed E-state index contributed by atoms with van der Waals surface area (Å²) in [7, 11) is 1.59. The van der Waals surface area contributed by atoms with Crippen LogP contribution < -0.4 is 10.1 Å². The molecule has 6 heteroatoms. The maximum Gasteiger partial charge on any atom is 0.339 e. The Morgan fingerprint density at radius 3 is 2.67 bits per heavy atom. The highest BCUT2D eigenvalue weighted by atomic mass is 16.5. The molecule has 2 aromatic rings. The smallest absolute Gasteiger partial charge is 0.339 e. The Bertz CT molecular complexity index is 671. The number of aromatic carboxylic acids is 1. The van der Waals surface area contributed by atoms with E-state index in [9.17, 15) is 9.90 Å². The normalized spacial score (nSPS) is 10.2. The largest absolute Gasteiger partial charge is 0.496 e. The lowest BCUT2D eigenvalue weighted by molar-refractivity contribution is 0.0696. The molecule has 0 aliphatic carbocycles. The maximum atomic E-state index is 11.4. The number of carboxylic acid groups (broad SMARTS) is 1. The quantitative estimate of drug-likeness (QED) is 0.878. The molecule has 110 valence electrons. The Morgan fingerprint density at radius 2 is 2.00 bits per heavy atom. The molecule has 0 unspecified atom stereocenters. The molecule has 0 radical (unpaired) electrons. The molecule has 0 atom stereocenters. The molecule has 1 aromatic heterocycles. The Kier molecular flexibility index (Phi) is 4.37. The zero-order chi connectivity index (χ0) is 15.4. The summed E-state index contributed by atoms with van der Waals surface area (Å²) in [5, 5.41) is 20.3. The van der Waals surface area contributed by atoms with E-state index in [0.29, 0.717) is 17.8 Å². The van der Waals surface area contributed by atoms with Gasteiger partial charge >= 0.3 is 5.97 Å². The molecule has 0 aliphatic heterocycles. The molecule has 2 rings (SSSR count). The fraction of sp³-hybridized carbons (Fsp3) is 0.267. The van der Waals surface area contributed by atoms with E-state index >= 15 is 0 Å². The minimum Gasteiger partial charge on any atom is -0.496 e. The Labute approximate surface area is 122 Å². The first-order chi connectivity index (χ1) is 10.0. The van der Waals surface area contributed by atoms with Crippen LogP contribution in [-0.2, 0) is 6.54 Å². The van der Waals surface area contributed by atoms with Gasteiger partial charge in [0, 0.05) is 12.1 Å². The fourth-order valence-corrected chi connectivity index (χ4v) is 2.02. The van der Waals surface area contributed by atoms with Gasteiger partial charge in [0.25, 0.3) is 0 Å². The van der Waals surface area contributed by atoms with Gasteiger partial charge in [-0.25, -0.2) is 4.79 Å². The van der Waals surface area contributed by atoms with Gasteiger partial charge < -0.3 is 15.2 Å². The summed E-state index contributed by atoms with van der Waals surface area (Å²) >= 11 is 0. The van der Waals surface area contributed by atoms with Crippen molar-refractivity contribution in [3.8, 4) is 5.75 Å². The lowest BCUT2D eigenvalue weighted by atomic mass is 10.1. The highest BCUT2D eigenvalue weighted by molar-refractivity contribution is 5.94. The molecular weight excluding hydrogens is 270 g/mol. The number of hydrogen-bond donors (Lipinski definition) is 2. The van der Waals surface area contributed by atoms with E-state index in [-0.39, 0.29) is 11.4 Å². The summed E-state index contributed by atoms with van der Waals surface area (Å²) in [5.41, 5.74) is 2.28. The number of nitrogens with zero attached hydrogens (tertiary/aromatic N) is 2. The summed E-state index contributed by atoms with van der Waals surface area (Å²) in [4.78, 5) is 11.4. The second-order valence-electron chi connectivity index (χ2n) is 4.60. The zero-order valence-corrected chi connectivity index (χ0v) is 12.2. The van der Waals surface area contributed by atoms with Gasteiger partial charge in [0.2, 0.25) is 0 Å². The maximum absolute atomic E-state index is 11.4. The Balaban J connectivity index is 2.28. The van der Waals surface area contributed by atoms with Gasteiger partial charge in [0.1, 0.15) is 11.3 Å². The molecule has 0 amide bonds. The van der Waals surface area contributed by atoms with Crippen LogP contribution in [0.15, 0.2) is 24.3 Å². The number of anilines is 1. The number of rotatable bonds is 5. The number of aromatic nitrogens is 2. The zero-order valence-electron chi connectivity index (χ0n) is 12.2. The predicted octanol–water partition coefficient (Wildman–Crippen LogP) is 2.41. The van der Waals surface area contributed by atoms with Gasteiger partial charge in [-0.15, -0.1) is 5.10 Å². The van der Waals surface area contributed by atoms with Crippen LogP contribution in [0.2, 0.25) is 0 Å². The molecule has 1 aromatic carbocycles. The highest BCUT2D eigenvalue weighted by Gasteiger charge is 2.17. The molecular formula is C15H17N3O3. The van der Waals surface area contributed by atoms with E-state index in [2.05, 4.69) is 15.5 Å². The standard InChI is InChI=1S/C15H17N3O3/c1-9-10(2)17-18-14(13(9)15(19)20)16-8-11-6-4-5-7-12(11)21-3/h4-7H,8H2,1-3H3,(H,16,18)(H,19,20). The summed E-state index contributed by atoms with van der Waals surface area (Å²) in [6, 6.07) is 7.52. The van der Waals surface area contributed by atoms with Crippen LogP contribution in [0.3, 0.4) is 0 Å². The number of nitrogens with one attached hydrogen (secondary N) is 1. The fourth-order valence-electron chi connectivity index (χ4n) is 2.02. The first-order valence-corrected chi connectivity index (χ1v) is 6.47. The van der Waals surface area contributed by atoms with E-state index in [0.717, 1.165) is 11.3 Å². The van der Waals surface area contributed by atoms with Crippen LogP contribution in [0.25, 0.3) is 0 Å². The number of carboxylic acids is 1. The SMILES string of the molecule is COc1ccccc1CNc1nnc(C)c(C)c1C(=O)O. The summed E-state index contributed by atoms with van der Waals surface area (Å²) in [5.74, 6) is -0.0248. The molecule has 21 heavy (non-hydrogen) atoms. The second kappa shape index (κ2) is 6.21. The lowest BCUT2D eigenvalue weighted by Gasteiger charge is -2.13. The van der Waals surface area contributed by atoms with E-state index in [1.807, 2.05) is 24.3 Å². The van der Waals surface area contributed by atoms with Crippen molar-refractivity contribution in [1.29, 1.82) is 0 Å². The van der Waals surface area contributed by atoms with Crippen molar-refractivity contribution in [3.63, 3.8) is 0 Å². The number of methoxy groups -OCH3 is 1. The lowest BCUT2D eigenvalue weighted by Crippen LogP contribution is -2.13. The third kappa shape index (κ3) is 3.10. The van der Waals surface area contributed by atoms with E-state index in [4.69, 9.17) is 4.74 Å². The van der Waals surface area contributed by atoms with Gasteiger partial charge in [-0.2, -0.15) is 5.10 Å². The second-order valence-corrected chi connectivity index (χ2v) is 4.60. The molecule has 0 fully saturated rings. The average Bonchev–Trinajstić information content (AvgIpc) is 2.48. The number of hydrogen-bond acceptors (Lipinski definition) is 5.